The highest BCUT2D eigenvalue weighted by atomic mass is 15.1. The highest BCUT2D eigenvalue weighted by molar-refractivity contribution is 5.84. The summed E-state index contributed by atoms with van der Waals surface area (Å²) < 4.78 is 0. The van der Waals surface area contributed by atoms with E-state index >= 15 is 0 Å². The number of allylic oxidation sites excluding steroid dienone is 3. The molecule has 0 amide bonds. The molecular formula is C33H42N2. The van der Waals surface area contributed by atoms with Crippen LogP contribution in [0.4, 0.5) is 0 Å². The molecule has 2 aromatic rings. The molecule has 2 bridgehead atoms. The molecule has 2 saturated heterocycles. The lowest BCUT2D eigenvalue weighted by Gasteiger charge is -2.30. The Kier molecular flexibility index (Phi) is 5.30. The molecule has 0 aromatic heterocycles. The Morgan fingerprint density at radius 2 is 1.54 bits per heavy atom. The molecule has 2 heteroatoms. The second-order valence-electron chi connectivity index (χ2n) is 12.9. The Labute approximate surface area is 212 Å². The molecule has 7 rings (SSSR count). The zero-order chi connectivity index (χ0) is 23.6. The summed E-state index contributed by atoms with van der Waals surface area (Å²) in [6.07, 6.45) is 19.9. The molecule has 0 spiro atoms. The first kappa shape index (κ1) is 22.3. The summed E-state index contributed by atoms with van der Waals surface area (Å²) in [5.74, 6) is 0. The standard InChI is InChI=1S/C33H42N2/c1-34-17-3-5-30(34)20-24-7-8-26-21-28(11-9-25(26)19-24)32-13-15-33(23-32,16-14-32)29-12-10-27(22-29)31-6-4-18-35(31)2/h7-12,19,21,30-31H,3-6,13-18,20,22-23H2,1-2H3. The Morgan fingerprint density at radius 3 is 2.31 bits per heavy atom. The van der Waals surface area contributed by atoms with Crippen LogP contribution in [0.25, 0.3) is 10.8 Å². The zero-order valence-corrected chi connectivity index (χ0v) is 21.9. The van der Waals surface area contributed by atoms with Crippen molar-refractivity contribution in [1.82, 2.24) is 9.80 Å². The maximum absolute atomic E-state index is 2.58. The van der Waals surface area contributed by atoms with Crippen LogP contribution in [0.3, 0.4) is 0 Å². The van der Waals surface area contributed by atoms with E-state index in [1.165, 1.54) is 100 Å². The number of hydrogen-bond acceptors (Lipinski definition) is 2. The van der Waals surface area contributed by atoms with Crippen LogP contribution in [0.5, 0.6) is 0 Å². The molecule has 2 heterocycles. The van der Waals surface area contributed by atoms with E-state index in [-0.39, 0.29) is 0 Å². The number of benzene rings is 2. The molecule has 2 unspecified atom stereocenters. The molecule has 0 radical (unpaired) electrons. The second kappa shape index (κ2) is 8.32. The van der Waals surface area contributed by atoms with Crippen molar-refractivity contribution < 1.29 is 0 Å². The van der Waals surface area contributed by atoms with E-state index < -0.39 is 0 Å². The number of likely N-dealkylation sites (tertiary alicyclic amines) is 2. The van der Waals surface area contributed by atoms with Crippen LogP contribution in [0.15, 0.2) is 59.7 Å². The average Bonchev–Trinajstić information content (AvgIpc) is 3.69. The molecule has 184 valence electrons. The summed E-state index contributed by atoms with van der Waals surface area (Å²) in [6, 6.07) is 16.2. The molecule has 2 nitrogen and oxygen atoms in total. The van der Waals surface area contributed by atoms with E-state index in [9.17, 15) is 0 Å². The first-order chi connectivity index (χ1) is 17.0. The van der Waals surface area contributed by atoms with Crippen molar-refractivity contribution >= 4 is 10.8 Å². The molecule has 2 aromatic carbocycles. The summed E-state index contributed by atoms with van der Waals surface area (Å²) in [7, 11) is 4.61. The molecule has 5 aliphatic rings. The summed E-state index contributed by atoms with van der Waals surface area (Å²) in [4.78, 5) is 5.13. The Bertz CT molecular complexity index is 1190. The average molecular weight is 467 g/mol. The highest BCUT2D eigenvalue weighted by Crippen LogP contribution is 2.66. The lowest BCUT2D eigenvalue weighted by atomic mass is 9.75. The lowest BCUT2D eigenvalue weighted by molar-refractivity contribution is 0.309. The molecule has 2 aliphatic heterocycles. The summed E-state index contributed by atoms with van der Waals surface area (Å²) in [5, 5.41) is 2.87. The lowest BCUT2D eigenvalue weighted by Crippen LogP contribution is -2.27. The molecule has 0 N–H and O–H groups in total. The van der Waals surface area contributed by atoms with E-state index in [4.69, 9.17) is 0 Å². The highest BCUT2D eigenvalue weighted by Gasteiger charge is 2.56. The van der Waals surface area contributed by atoms with Crippen molar-refractivity contribution in [2.45, 2.75) is 88.1 Å². The number of fused-ring (bicyclic) bond motifs is 3. The van der Waals surface area contributed by atoms with Crippen LogP contribution < -0.4 is 0 Å². The fraction of sp³-hybridized carbons (Fsp3) is 0.576. The third kappa shape index (κ3) is 3.66. The van der Waals surface area contributed by atoms with Crippen molar-refractivity contribution in [3.05, 3.63) is 70.8 Å². The number of likely N-dealkylation sites (N-methyl/N-ethyl adjacent to an activating group) is 2. The maximum atomic E-state index is 2.58. The summed E-state index contributed by atoms with van der Waals surface area (Å²) >= 11 is 0. The molecule has 2 saturated carbocycles. The van der Waals surface area contributed by atoms with Crippen LogP contribution >= 0.6 is 0 Å². The van der Waals surface area contributed by atoms with E-state index in [0.29, 0.717) is 16.9 Å². The van der Waals surface area contributed by atoms with Crippen molar-refractivity contribution in [1.29, 1.82) is 0 Å². The predicted octanol–water partition coefficient (Wildman–Crippen LogP) is 7.03. The maximum Gasteiger partial charge on any atom is 0.0311 e. The van der Waals surface area contributed by atoms with Crippen LogP contribution in [-0.4, -0.2) is 49.1 Å². The van der Waals surface area contributed by atoms with E-state index in [1.807, 2.05) is 0 Å². The number of hydrogen-bond donors (Lipinski definition) is 0. The van der Waals surface area contributed by atoms with Gasteiger partial charge < -0.3 is 4.90 Å². The fourth-order valence-electron chi connectivity index (χ4n) is 8.81. The quantitative estimate of drug-likeness (QED) is 0.467. The van der Waals surface area contributed by atoms with Gasteiger partial charge in [0.25, 0.3) is 0 Å². The number of nitrogens with zero attached hydrogens (tertiary/aromatic N) is 2. The van der Waals surface area contributed by atoms with Gasteiger partial charge in [-0.1, -0.05) is 54.1 Å². The van der Waals surface area contributed by atoms with Gasteiger partial charge in [0.1, 0.15) is 0 Å². The largest absolute Gasteiger partial charge is 0.303 e. The van der Waals surface area contributed by atoms with E-state index in [1.54, 1.807) is 16.7 Å². The second-order valence-corrected chi connectivity index (χ2v) is 12.9. The van der Waals surface area contributed by atoms with Gasteiger partial charge in [-0.3, -0.25) is 4.90 Å². The van der Waals surface area contributed by atoms with Crippen LogP contribution in [0.1, 0.15) is 75.3 Å². The van der Waals surface area contributed by atoms with Crippen molar-refractivity contribution in [3.8, 4) is 0 Å². The van der Waals surface area contributed by atoms with Gasteiger partial charge in [-0.2, -0.15) is 0 Å². The van der Waals surface area contributed by atoms with Gasteiger partial charge in [-0.25, -0.2) is 0 Å². The van der Waals surface area contributed by atoms with Gasteiger partial charge >= 0.3 is 0 Å². The summed E-state index contributed by atoms with van der Waals surface area (Å²) in [5.41, 5.74) is 7.48. The summed E-state index contributed by atoms with van der Waals surface area (Å²) in [6.45, 7) is 2.53. The van der Waals surface area contributed by atoms with Crippen molar-refractivity contribution in [2.75, 3.05) is 27.2 Å². The van der Waals surface area contributed by atoms with Gasteiger partial charge in [0, 0.05) is 12.1 Å². The Balaban J connectivity index is 1.08. The Morgan fingerprint density at radius 1 is 0.800 bits per heavy atom. The minimum atomic E-state index is 0.410. The smallest absolute Gasteiger partial charge is 0.0311 e. The van der Waals surface area contributed by atoms with Crippen LogP contribution in [0.2, 0.25) is 0 Å². The third-order valence-electron chi connectivity index (χ3n) is 11.0. The van der Waals surface area contributed by atoms with Gasteiger partial charge in [-0.15, -0.1) is 0 Å². The molecule has 4 fully saturated rings. The van der Waals surface area contributed by atoms with Gasteiger partial charge in [-0.05, 0) is 136 Å². The Hall–Kier alpha value is -1.90. The van der Waals surface area contributed by atoms with Crippen LogP contribution in [-0.2, 0) is 11.8 Å². The third-order valence-corrected chi connectivity index (χ3v) is 11.0. The van der Waals surface area contributed by atoms with Gasteiger partial charge in [0.15, 0.2) is 0 Å². The first-order valence-electron chi connectivity index (χ1n) is 14.4. The zero-order valence-electron chi connectivity index (χ0n) is 21.9. The number of rotatable bonds is 5. The SMILES string of the molecule is CN1CCCC1Cc1ccc2cc(C34CCC(C5=CC=C(C6CCCN6C)C5)(CC3)C4)ccc2c1. The van der Waals surface area contributed by atoms with Crippen molar-refractivity contribution in [2.24, 2.45) is 5.41 Å². The van der Waals surface area contributed by atoms with Gasteiger partial charge in [0.2, 0.25) is 0 Å². The topological polar surface area (TPSA) is 6.48 Å². The minimum Gasteiger partial charge on any atom is -0.303 e. The van der Waals surface area contributed by atoms with E-state index in [0.717, 1.165) is 6.04 Å². The first-order valence-corrected chi connectivity index (χ1v) is 14.4. The predicted molar refractivity (Wildman–Crippen MR) is 147 cm³/mol. The minimum absolute atomic E-state index is 0.410. The molecule has 3 aliphatic carbocycles. The molecule has 2 atom stereocenters. The monoisotopic (exact) mass is 466 g/mol. The molecule has 35 heavy (non-hydrogen) atoms. The fourth-order valence-corrected chi connectivity index (χ4v) is 8.81. The normalized spacial score (nSPS) is 35.4. The van der Waals surface area contributed by atoms with Crippen LogP contribution in [0, 0.1) is 5.41 Å². The molecular weight excluding hydrogens is 424 g/mol. The van der Waals surface area contributed by atoms with Crippen molar-refractivity contribution in [3.63, 3.8) is 0 Å². The van der Waals surface area contributed by atoms with E-state index in [2.05, 4.69) is 72.4 Å². The van der Waals surface area contributed by atoms with Gasteiger partial charge in [0.05, 0.1) is 0 Å².